The first-order valence-corrected chi connectivity index (χ1v) is 7.36. The molecule has 0 fully saturated rings. The SMILES string of the molecule is CCOCc1nc(CS(=O)(=O)OC)ccc1Br. The van der Waals surface area contributed by atoms with Gasteiger partial charge in [-0.1, -0.05) is 0 Å². The maximum Gasteiger partial charge on any atom is 0.272 e. The van der Waals surface area contributed by atoms with Crippen molar-refractivity contribution in [2.45, 2.75) is 19.3 Å². The van der Waals surface area contributed by atoms with E-state index in [0.717, 1.165) is 11.6 Å². The third-order valence-electron chi connectivity index (χ3n) is 2.00. The molecular weight excluding hydrogens is 310 g/mol. The molecule has 7 heteroatoms. The lowest BCUT2D eigenvalue weighted by Gasteiger charge is -2.07. The molecule has 0 amide bonds. The third-order valence-corrected chi connectivity index (χ3v) is 3.88. The first-order chi connectivity index (χ1) is 7.98. The van der Waals surface area contributed by atoms with E-state index in [1.165, 1.54) is 0 Å². The van der Waals surface area contributed by atoms with Crippen LogP contribution in [0.5, 0.6) is 0 Å². The quantitative estimate of drug-likeness (QED) is 0.747. The highest BCUT2D eigenvalue weighted by Gasteiger charge is 2.12. The molecule has 1 rings (SSSR count). The molecule has 0 aromatic carbocycles. The molecule has 1 aromatic rings. The Hall–Kier alpha value is -0.500. The summed E-state index contributed by atoms with van der Waals surface area (Å²) >= 11 is 3.33. The summed E-state index contributed by atoms with van der Waals surface area (Å²) in [4.78, 5) is 4.21. The molecule has 17 heavy (non-hydrogen) atoms. The summed E-state index contributed by atoms with van der Waals surface area (Å²) in [5.41, 5.74) is 1.11. The molecule has 96 valence electrons. The number of halogens is 1. The minimum absolute atomic E-state index is 0.240. The second kappa shape index (κ2) is 6.44. The largest absolute Gasteiger partial charge is 0.375 e. The standard InChI is InChI=1S/C10H14BrNO4S/c1-3-16-6-10-9(11)5-4-8(12-10)7-17(13,14)15-2/h4-5H,3,6-7H2,1-2H3. The van der Waals surface area contributed by atoms with E-state index in [-0.39, 0.29) is 5.75 Å². The Labute approximate surface area is 109 Å². The van der Waals surface area contributed by atoms with Crippen molar-refractivity contribution in [3.8, 4) is 0 Å². The summed E-state index contributed by atoms with van der Waals surface area (Å²) in [5.74, 6) is -0.240. The van der Waals surface area contributed by atoms with Gasteiger partial charge in [0.25, 0.3) is 10.1 Å². The van der Waals surface area contributed by atoms with Crippen molar-refractivity contribution in [2.24, 2.45) is 0 Å². The molecule has 0 aliphatic rings. The Balaban J connectivity index is 2.88. The smallest absolute Gasteiger partial charge is 0.272 e. The molecule has 0 spiro atoms. The van der Waals surface area contributed by atoms with E-state index < -0.39 is 10.1 Å². The summed E-state index contributed by atoms with van der Waals surface area (Å²) < 4.78 is 33.0. The number of hydrogen-bond donors (Lipinski definition) is 0. The Kier molecular flexibility index (Phi) is 5.51. The molecule has 0 N–H and O–H groups in total. The van der Waals surface area contributed by atoms with Gasteiger partial charge in [-0.3, -0.25) is 9.17 Å². The Morgan fingerprint density at radius 3 is 2.71 bits per heavy atom. The fourth-order valence-electron chi connectivity index (χ4n) is 1.15. The van der Waals surface area contributed by atoms with E-state index in [2.05, 4.69) is 25.1 Å². The van der Waals surface area contributed by atoms with Crippen molar-refractivity contribution in [2.75, 3.05) is 13.7 Å². The predicted octanol–water partition coefficient (Wildman–Crippen LogP) is 1.86. The maximum absolute atomic E-state index is 11.3. The molecule has 0 aliphatic carbocycles. The Morgan fingerprint density at radius 1 is 1.41 bits per heavy atom. The highest BCUT2D eigenvalue weighted by molar-refractivity contribution is 9.10. The lowest BCUT2D eigenvalue weighted by atomic mass is 10.3. The Bertz CT molecular complexity index is 475. The summed E-state index contributed by atoms with van der Waals surface area (Å²) in [6.45, 7) is 2.81. The molecule has 0 bridgehead atoms. The van der Waals surface area contributed by atoms with Gasteiger partial charge in [-0.15, -0.1) is 0 Å². The zero-order valence-corrected chi connectivity index (χ0v) is 12.0. The van der Waals surface area contributed by atoms with Crippen LogP contribution in [-0.4, -0.2) is 27.1 Å². The van der Waals surface area contributed by atoms with Crippen molar-refractivity contribution in [3.63, 3.8) is 0 Å². The fraction of sp³-hybridized carbons (Fsp3) is 0.500. The first-order valence-electron chi connectivity index (χ1n) is 4.99. The van der Waals surface area contributed by atoms with Crippen LogP contribution in [0.25, 0.3) is 0 Å². The van der Waals surface area contributed by atoms with Crippen LogP contribution in [0, 0.1) is 0 Å². The zero-order valence-electron chi connectivity index (χ0n) is 9.64. The number of rotatable bonds is 6. The molecule has 0 radical (unpaired) electrons. The van der Waals surface area contributed by atoms with Gasteiger partial charge in [-0.25, -0.2) is 0 Å². The predicted molar refractivity (Wildman–Crippen MR) is 66.9 cm³/mol. The fourth-order valence-corrected chi connectivity index (χ4v) is 2.13. The van der Waals surface area contributed by atoms with E-state index in [9.17, 15) is 8.42 Å². The van der Waals surface area contributed by atoms with E-state index in [1.54, 1.807) is 12.1 Å². The van der Waals surface area contributed by atoms with Crippen molar-refractivity contribution in [1.29, 1.82) is 0 Å². The zero-order chi connectivity index (χ0) is 12.9. The van der Waals surface area contributed by atoms with Gasteiger partial charge in [0, 0.05) is 11.1 Å². The molecule has 0 saturated heterocycles. The molecule has 1 heterocycles. The van der Waals surface area contributed by atoms with Crippen LogP contribution in [-0.2, 0) is 31.4 Å². The van der Waals surface area contributed by atoms with Gasteiger partial charge in [0.1, 0.15) is 5.75 Å². The lowest BCUT2D eigenvalue weighted by molar-refractivity contribution is 0.130. The van der Waals surface area contributed by atoms with Gasteiger partial charge in [0.2, 0.25) is 0 Å². The number of aromatic nitrogens is 1. The molecule has 0 unspecified atom stereocenters. The normalized spacial score (nSPS) is 11.7. The molecule has 0 aliphatic heterocycles. The van der Waals surface area contributed by atoms with E-state index >= 15 is 0 Å². The van der Waals surface area contributed by atoms with Gasteiger partial charge in [0.05, 0.1) is 25.1 Å². The average Bonchev–Trinajstić information content (AvgIpc) is 2.29. The van der Waals surface area contributed by atoms with E-state index in [0.29, 0.717) is 24.6 Å². The molecule has 1 aromatic heterocycles. The lowest BCUT2D eigenvalue weighted by Crippen LogP contribution is -2.08. The highest BCUT2D eigenvalue weighted by atomic mass is 79.9. The van der Waals surface area contributed by atoms with Crippen LogP contribution in [0.1, 0.15) is 18.3 Å². The first kappa shape index (κ1) is 14.6. The van der Waals surface area contributed by atoms with Crippen LogP contribution >= 0.6 is 15.9 Å². The number of ether oxygens (including phenoxy) is 1. The van der Waals surface area contributed by atoms with Crippen LogP contribution in [0.2, 0.25) is 0 Å². The summed E-state index contributed by atoms with van der Waals surface area (Å²) in [6.07, 6.45) is 0. The number of hydrogen-bond acceptors (Lipinski definition) is 5. The van der Waals surface area contributed by atoms with Crippen LogP contribution < -0.4 is 0 Å². The summed E-state index contributed by atoms with van der Waals surface area (Å²) in [5, 5.41) is 0. The summed E-state index contributed by atoms with van der Waals surface area (Å²) in [6, 6.07) is 3.39. The third kappa shape index (κ3) is 4.71. The molecule has 5 nitrogen and oxygen atoms in total. The van der Waals surface area contributed by atoms with Gasteiger partial charge >= 0.3 is 0 Å². The van der Waals surface area contributed by atoms with Crippen LogP contribution in [0.3, 0.4) is 0 Å². The average molecular weight is 324 g/mol. The number of pyridine rings is 1. The van der Waals surface area contributed by atoms with Gasteiger partial charge < -0.3 is 4.74 Å². The van der Waals surface area contributed by atoms with Gasteiger partial charge in [-0.2, -0.15) is 8.42 Å². The van der Waals surface area contributed by atoms with E-state index in [4.69, 9.17) is 4.74 Å². The van der Waals surface area contributed by atoms with Crippen molar-refractivity contribution in [3.05, 3.63) is 28.0 Å². The monoisotopic (exact) mass is 323 g/mol. The molecule has 0 saturated carbocycles. The number of nitrogens with zero attached hydrogens (tertiary/aromatic N) is 1. The highest BCUT2D eigenvalue weighted by Crippen LogP contribution is 2.17. The van der Waals surface area contributed by atoms with Crippen molar-refractivity contribution < 1.29 is 17.3 Å². The topological polar surface area (TPSA) is 65.5 Å². The van der Waals surface area contributed by atoms with Gasteiger partial charge in [0.15, 0.2) is 0 Å². The van der Waals surface area contributed by atoms with E-state index in [1.807, 2.05) is 6.92 Å². The van der Waals surface area contributed by atoms with Crippen LogP contribution in [0.15, 0.2) is 16.6 Å². The minimum atomic E-state index is -3.54. The summed E-state index contributed by atoms with van der Waals surface area (Å²) in [7, 11) is -2.41. The van der Waals surface area contributed by atoms with Crippen LogP contribution in [0.4, 0.5) is 0 Å². The van der Waals surface area contributed by atoms with Crippen molar-refractivity contribution >= 4 is 26.0 Å². The molecule has 0 atom stereocenters. The second-order valence-electron chi connectivity index (χ2n) is 3.24. The molecular formula is C10H14BrNO4S. The second-order valence-corrected chi connectivity index (χ2v) is 5.83. The maximum atomic E-state index is 11.3. The van der Waals surface area contributed by atoms with Gasteiger partial charge in [-0.05, 0) is 35.0 Å². The van der Waals surface area contributed by atoms with Crippen molar-refractivity contribution in [1.82, 2.24) is 4.98 Å². The minimum Gasteiger partial charge on any atom is -0.375 e. The Morgan fingerprint density at radius 2 is 2.12 bits per heavy atom.